The number of phenols is 2. The fourth-order valence-corrected chi connectivity index (χ4v) is 8.13. The molecule has 3 N–H and O–H groups in total. The SMILES string of the molecule is O=C1c2cc(N=Nc3c(O)c(CONc4ccccc4)cc4ccccc34)ccc2-c2ccc(N=Nc3c(O)cc4c5c3cccc5c(=O)n3c5ccccc5nc43)cc21. The molecule has 0 aliphatic heterocycles. The number of hydrogen-bond acceptors (Lipinski definition) is 11. The minimum atomic E-state index is -0.217. The summed E-state index contributed by atoms with van der Waals surface area (Å²) in [5.74, 6) is -0.397. The molecule has 12 nitrogen and oxygen atoms in total. The molecule has 1 aliphatic rings. The third-order valence-corrected chi connectivity index (χ3v) is 10.9. The highest BCUT2D eigenvalue weighted by Crippen LogP contribution is 2.45. The third kappa shape index (κ3) is 5.54. The Labute approximate surface area is 339 Å². The van der Waals surface area contributed by atoms with E-state index in [9.17, 15) is 19.8 Å². The molecule has 60 heavy (non-hydrogen) atoms. The number of carbonyl (C=O) groups is 1. The number of rotatable bonds is 8. The zero-order valence-electron chi connectivity index (χ0n) is 31.4. The second kappa shape index (κ2) is 13.6. The number of hydrogen-bond donors (Lipinski definition) is 3. The molecule has 2 heterocycles. The maximum atomic E-state index is 13.9. The Balaban J connectivity index is 0.889. The topological polar surface area (TPSA) is 163 Å². The summed E-state index contributed by atoms with van der Waals surface area (Å²) in [5.41, 5.74) is 9.47. The lowest BCUT2D eigenvalue weighted by molar-refractivity contribution is 0.104. The Bertz CT molecular complexity index is 3550. The molecule has 8 aromatic carbocycles. The van der Waals surface area contributed by atoms with Crippen molar-refractivity contribution in [1.29, 1.82) is 0 Å². The molecule has 12 heteroatoms. The molecule has 0 saturated carbocycles. The highest BCUT2D eigenvalue weighted by Gasteiger charge is 2.28. The van der Waals surface area contributed by atoms with Crippen LogP contribution >= 0.6 is 0 Å². The Morgan fingerprint density at radius 3 is 2.05 bits per heavy atom. The first-order valence-corrected chi connectivity index (χ1v) is 19.1. The second-order valence-corrected chi connectivity index (χ2v) is 14.5. The summed E-state index contributed by atoms with van der Waals surface area (Å²) in [6.07, 6.45) is 0. The van der Waals surface area contributed by atoms with Gasteiger partial charge in [0.1, 0.15) is 35.1 Å². The molecular formula is C48H29N7O5. The number of fused-ring (bicyclic) bond motifs is 8. The minimum Gasteiger partial charge on any atom is -0.506 e. The first-order valence-electron chi connectivity index (χ1n) is 19.1. The van der Waals surface area contributed by atoms with Crippen molar-refractivity contribution in [2.75, 3.05) is 5.48 Å². The van der Waals surface area contributed by atoms with Crippen LogP contribution in [0.25, 0.3) is 60.1 Å². The number of ketones is 1. The van der Waals surface area contributed by atoms with Crippen molar-refractivity contribution >= 4 is 83.2 Å². The molecule has 286 valence electrons. The normalized spacial score (nSPS) is 12.6. The molecule has 11 rings (SSSR count). The van der Waals surface area contributed by atoms with Gasteiger partial charge in [0, 0.05) is 43.6 Å². The fourth-order valence-electron chi connectivity index (χ4n) is 8.13. The molecule has 0 saturated heterocycles. The summed E-state index contributed by atoms with van der Waals surface area (Å²) in [5, 5.41) is 44.4. The van der Waals surface area contributed by atoms with Gasteiger partial charge in [0.05, 0.1) is 28.1 Å². The number of carbonyl (C=O) groups excluding carboxylic acids is 1. The van der Waals surface area contributed by atoms with Crippen molar-refractivity contribution < 1.29 is 19.8 Å². The Morgan fingerprint density at radius 2 is 1.27 bits per heavy atom. The third-order valence-electron chi connectivity index (χ3n) is 10.9. The predicted octanol–water partition coefficient (Wildman–Crippen LogP) is 11.7. The first-order chi connectivity index (χ1) is 29.4. The maximum Gasteiger partial charge on any atom is 0.264 e. The van der Waals surface area contributed by atoms with Crippen LogP contribution in [0.1, 0.15) is 21.5 Å². The number of azo groups is 2. The van der Waals surface area contributed by atoms with Gasteiger partial charge in [-0.05, 0) is 83.2 Å². The number of anilines is 1. The number of aromatic hydroxyl groups is 2. The van der Waals surface area contributed by atoms with Crippen LogP contribution in [0.5, 0.6) is 11.5 Å². The average Bonchev–Trinajstić information content (AvgIpc) is 3.80. The maximum absolute atomic E-state index is 13.9. The van der Waals surface area contributed by atoms with Crippen molar-refractivity contribution in [2.45, 2.75) is 6.61 Å². The van der Waals surface area contributed by atoms with Gasteiger partial charge in [0.2, 0.25) is 0 Å². The van der Waals surface area contributed by atoms with Gasteiger partial charge in [0.15, 0.2) is 5.78 Å². The number of pyridine rings is 1. The summed E-state index contributed by atoms with van der Waals surface area (Å²) in [6.45, 7) is 0.0673. The molecule has 0 atom stereocenters. The number of benzene rings is 8. The van der Waals surface area contributed by atoms with Crippen LogP contribution in [0.15, 0.2) is 171 Å². The highest BCUT2D eigenvalue weighted by atomic mass is 16.6. The summed E-state index contributed by atoms with van der Waals surface area (Å²) < 4.78 is 1.58. The van der Waals surface area contributed by atoms with Crippen molar-refractivity contribution in [3.05, 3.63) is 173 Å². The zero-order valence-corrected chi connectivity index (χ0v) is 31.4. The lowest BCUT2D eigenvalue weighted by Gasteiger charge is -2.12. The zero-order chi connectivity index (χ0) is 40.5. The number of imidazole rings is 1. The van der Waals surface area contributed by atoms with Gasteiger partial charge in [0.25, 0.3) is 5.56 Å². The summed E-state index contributed by atoms with van der Waals surface area (Å²) in [6, 6.07) is 43.7. The van der Waals surface area contributed by atoms with E-state index in [0.29, 0.717) is 71.7 Å². The van der Waals surface area contributed by atoms with E-state index in [2.05, 4.69) is 25.9 Å². The molecular weight excluding hydrogens is 755 g/mol. The predicted molar refractivity (Wildman–Crippen MR) is 231 cm³/mol. The van der Waals surface area contributed by atoms with E-state index >= 15 is 0 Å². The van der Waals surface area contributed by atoms with E-state index in [1.165, 1.54) is 0 Å². The van der Waals surface area contributed by atoms with Gasteiger partial charge in [-0.3, -0.25) is 24.3 Å². The van der Waals surface area contributed by atoms with Crippen molar-refractivity contribution in [1.82, 2.24) is 9.38 Å². The summed E-state index contributed by atoms with van der Waals surface area (Å²) >= 11 is 0. The second-order valence-electron chi connectivity index (χ2n) is 14.5. The van der Waals surface area contributed by atoms with E-state index in [0.717, 1.165) is 22.2 Å². The molecule has 10 aromatic rings. The Kier molecular flexibility index (Phi) is 7.93. The van der Waals surface area contributed by atoms with Gasteiger partial charge < -0.3 is 10.2 Å². The van der Waals surface area contributed by atoms with Gasteiger partial charge in [-0.2, -0.15) is 10.2 Å². The summed E-state index contributed by atoms with van der Waals surface area (Å²) in [7, 11) is 0. The lowest BCUT2D eigenvalue weighted by atomic mass is 10.0. The van der Waals surface area contributed by atoms with Crippen molar-refractivity contribution in [2.24, 2.45) is 20.5 Å². The van der Waals surface area contributed by atoms with Crippen LogP contribution < -0.4 is 11.0 Å². The van der Waals surface area contributed by atoms with Gasteiger partial charge in [-0.25, -0.2) is 4.98 Å². The molecule has 0 amide bonds. The lowest BCUT2D eigenvalue weighted by Crippen LogP contribution is -2.13. The van der Waals surface area contributed by atoms with Crippen LogP contribution in [0, 0.1) is 0 Å². The van der Waals surface area contributed by atoms with Gasteiger partial charge >= 0.3 is 0 Å². The van der Waals surface area contributed by atoms with Crippen LogP contribution in [0.3, 0.4) is 0 Å². The molecule has 0 radical (unpaired) electrons. The van der Waals surface area contributed by atoms with Crippen molar-refractivity contribution in [3.63, 3.8) is 0 Å². The molecule has 0 fully saturated rings. The molecule has 2 aromatic heterocycles. The van der Waals surface area contributed by atoms with E-state index < -0.39 is 0 Å². The number of aromatic nitrogens is 2. The van der Waals surface area contributed by atoms with E-state index in [1.54, 1.807) is 52.9 Å². The Morgan fingerprint density at radius 1 is 0.600 bits per heavy atom. The van der Waals surface area contributed by atoms with Gasteiger partial charge in [-0.1, -0.05) is 78.9 Å². The number of phenolic OH excluding ortho intramolecular Hbond substituents is 2. The number of nitrogens with one attached hydrogen (secondary N) is 1. The fraction of sp³-hybridized carbons (Fsp3) is 0.0208. The highest BCUT2D eigenvalue weighted by molar-refractivity contribution is 6.22. The van der Waals surface area contributed by atoms with Crippen LogP contribution in [0.2, 0.25) is 0 Å². The molecule has 0 spiro atoms. The van der Waals surface area contributed by atoms with Gasteiger partial charge in [-0.15, -0.1) is 10.2 Å². The monoisotopic (exact) mass is 783 g/mol. The van der Waals surface area contributed by atoms with Crippen LogP contribution in [-0.4, -0.2) is 25.4 Å². The van der Waals surface area contributed by atoms with Crippen LogP contribution in [-0.2, 0) is 11.4 Å². The standard InChI is InChI=1S/C48H29N7O5/c56-41-24-38-42-34(13-8-14-35(42)48(59)55-40-16-7-6-15-39(40)49-47(38)55)43(41)52-50-29-17-19-32-33-20-18-30(23-37(33)46(58)36(32)22-29)51-53-44-31-12-5-4-9-26(31)21-27(45(44)57)25-60-54-28-10-2-1-3-11-28/h1-24,54,56-57H,25H2. The smallest absolute Gasteiger partial charge is 0.264 e. The quantitative estimate of drug-likeness (QED) is 0.102. The largest absolute Gasteiger partial charge is 0.506 e. The van der Waals surface area contributed by atoms with Crippen molar-refractivity contribution in [3.8, 4) is 22.6 Å². The number of para-hydroxylation sites is 3. The van der Waals surface area contributed by atoms with Crippen LogP contribution in [0.4, 0.5) is 28.4 Å². The molecule has 0 bridgehead atoms. The van der Waals surface area contributed by atoms with E-state index in [-0.39, 0.29) is 40.8 Å². The molecule has 0 unspecified atom stereocenters. The minimum absolute atomic E-state index is 0.0612. The number of nitrogens with zero attached hydrogens (tertiary/aromatic N) is 6. The van der Waals surface area contributed by atoms with E-state index in [4.69, 9.17) is 9.82 Å². The Hall–Kier alpha value is -8.35. The first kappa shape index (κ1) is 34.9. The van der Waals surface area contributed by atoms with E-state index in [1.807, 2.05) is 97.1 Å². The summed E-state index contributed by atoms with van der Waals surface area (Å²) in [4.78, 5) is 38.1. The molecule has 1 aliphatic carbocycles. The average molecular weight is 784 g/mol.